The lowest BCUT2D eigenvalue weighted by Gasteiger charge is -2.31. The van der Waals surface area contributed by atoms with Crippen molar-refractivity contribution >= 4 is 11.8 Å². The lowest BCUT2D eigenvalue weighted by Crippen LogP contribution is -2.50. The molecule has 6 nitrogen and oxygen atoms in total. The van der Waals surface area contributed by atoms with Gasteiger partial charge >= 0.3 is 0 Å². The van der Waals surface area contributed by atoms with Crippen molar-refractivity contribution in [1.29, 1.82) is 0 Å². The summed E-state index contributed by atoms with van der Waals surface area (Å²) >= 11 is 0. The third kappa shape index (κ3) is 7.58. The monoisotopic (exact) mass is 496 g/mol. The van der Waals surface area contributed by atoms with Crippen LogP contribution in [0.5, 0.6) is 5.75 Å². The highest BCUT2D eigenvalue weighted by Gasteiger charge is 2.30. The molecule has 6 heteroatoms. The number of benzene rings is 3. The molecule has 0 saturated carbocycles. The van der Waals surface area contributed by atoms with E-state index in [1.54, 1.807) is 24.3 Å². The van der Waals surface area contributed by atoms with Crippen LogP contribution in [0.3, 0.4) is 0 Å². The van der Waals surface area contributed by atoms with Crippen LogP contribution in [0, 0.1) is 0 Å². The molecule has 0 aliphatic heterocycles. The van der Waals surface area contributed by atoms with Gasteiger partial charge in [0.25, 0.3) is 0 Å². The van der Waals surface area contributed by atoms with Crippen LogP contribution in [0.4, 0.5) is 0 Å². The highest BCUT2D eigenvalue weighted by Crippen LogP contribution is 2.19. The van der Waals surface area contributed by atoms with Gasteiger partial charge in [-0.3, -0.25) is 9.59 Å². The number of rotatable bonds is 12. The van der Waals surface area contributed by atoms with E-state index in [4.69, 9.17) is 9.15 Å². The molecule has 0 aliphatic rings. The second-order valence-electron chi connectivity index (χ2n) is 8.86. The first-order valence-electron chi connectivity index (χ1n) is 12.4. The quantitative estimate of drug-likeness (QED) is 0.294. The zero-order chi connectivity index (χ0) is 25.9. The average molecular weight is 497 g/mol. The largest absolute Gasteiger partial charge is 0.497 e. The Kier molecular flexibility index (Phi) is 9.13. The average Bonchev–Trinajstić information content (AvgIpc) is 3.47. The molecule has 0 aliphatic carbocycles. The number of methoxy groups -OCH3 is 1. The molecule has 0 spiro atoms. The molecule has 0 bridgehead atoms. The number of nitrogens with one attached hydrogen (secondary N) is 1. The number of ether oxygens (including phenoxy) is 1. The minimum absolute atomic E-state index is 0.0752. The number of aryl methyl sites for hydroxylation is 1. The molecule has 1 N–H and O–H groups in total. The van der Waals surface area contributed by atoms with Crippen molar-refractivity contribution in [2.24, 2.45) is 0 Å². The standard InChI is InChI=1S/C31H32N2O4/c1-36-27-17-14-26(15-18-27)23-33(30(34)19-16-24-9-4-2-5-10-24)29(21-25-11-6-3-7-12-25)31(35)32-22-28-13-8-20-37-28/h2-15,17-18,20,29H,16,19,21-23H2,1H3,(H,32,35)/t29-/m0/s1. The fourth-order valence-corrected chi connectivity index (χ4v) is 4.23. The van der Waals surface area contributed by atoms with Crippen molar-refractivity contribution in [3.05, 3.63) is 126 Å². The number of furan rings is 1. The normalized spacial score (nSPS) is 11.5. The van der Waals surface area contributed by atoms with Crippen LogP contribution in [0.1, 0.15) is 28.9 Å². The third-order valence-electron chi connectivity index (χ3n) is 6.27. The molecule has 0 fully saturated rings. The summed E-state index contributed by atoms with van der Waals surface area (Å²) in [7, 11) is 1.62. The third-order valence-corrected chi connectivity index (χ3v) is 6.27. The molecule has 3 aromatic carbocycles. The first-order chi connectivity index (χ1) is 18.1. The fourth-order valence-electron chi connectivity index (χ4n) is 4.23. The Labute approximate surface area is 217 Å². The number of amides is 2. The Morgan fingerprint density at radius 1 is 0.838 bits per heavy atom. The van der Waals surface area contributed by atoms with E-state index >= 15 is 0 Å². The van der Waals surface area contributed by atoms with E-state index in [1.807, 2.05) is 91.0 Å². The van der Waals surface area contributed by atoms with Crippen LogP contribution in [-0.2, 0) is 35.5 Å². The van der Waals surface area contributed by atoms with Crippen LogP contribution in [0.15, 0.2) is 108 Å². The topological polar surface area (TPSA) is 71.8 Å². The fraction of sp³-hybridized carbons (Fsp3) is 0.226. The van der Waals surface area contributed by atoms with Crippen molar-refractivity contribution in [3.63, 3.8) is 0 Å². The van der Waals surface area contributed by atoms with Gasteiger partial charge in [0.05, 0.1) is 19.9 Å². The van der Waals surface area contributed by atoms with Gasteiger partial charge in [-0.1, -0.05) is 72.8 Å². The molecular weight excluding hydrogens is 464 g/mol. The summed E-state index contributed by atoms with van der Waals surface area (Å²) in [6.07, 6.45) is 2.88. The Morgan fingerprint density at radius 3 is 2.14 bits per heavy atom. The van der Waals surface area contributed by atoms with Gasteiger partial charge in [-0.15, -0.1) is 0 Å². The molecule has 4 aromatic rings. The van der Waals surface area contributed by atoms with E-state index in [2.05, 4.69) is 5.32 Å². The minimum Gasteiger partial charge on any atom is -0.497 e. The highest BCUT2D eigenvalue weighted by atomic mass is 16.5. The summed E-state index contributed by atoms with van der Waals surface area (Å²) in [6, 6.07) is 30.2. The summed E-state index contributed by atoms with van der Waals surface area (Å²) in [5.74, 6) is 1.10. The van der Waals surface area contributed by atoms with E-state index in [0.29, 0.717) is 31.6 Å². The van der Waals surface area contributed by atoms with Crippen molar-refractivity contribution in [2.75, 3.05) is 7.11 Å². The van der Waals surface area contributed by atoms with Crippen molar-refractivity contribution in [3.8, 4) is 5.75 Å². The first-order valence-corrected chi connectivity index (χ1v) is 12.4. The van der Waals surface area contributed by atoms with Gasteiger partial charge in [0.15, 0.2) is 0 Å². The molecule has 0 radical (unpaired) electrons. The summed E-state index contributed by atoms with van der Waals surface area (Å²) in [4.78, 5) is 29.0. The van der Waals surface area contributed by atoms with Gasteiger partial charge in [0, 0.05) is 19.4 Å². The first kappa shape index (κ1) is 25.8. The molecule has 4 rings (SSSR count). The predicted molar refractivity (Wildman–Crippen MR) is 143 cm³/mol. The maximum Gasteiger partial charge on any atom is 0.243 e. The van der Waals surface area contributed by atoms with Crippen LogP contribution < -0.4 is 10.1 Å². The highest BCUT2D eigenvalue weighted by molar-refractivity contribution is 5.88. The Hall–Kier alpha value is -4.32. The number of hydrogen-bond donors (Lipinski definition) is 1. The van der Waals surface area contributed by atoms with E-state index in [9.17, 15) is 9.59 Å². The Bertz CT molecular complexity index is 1240. The zero-order valence-electron chi connectivity index (χ0n) is 21.0. The smallest absolute Gasteiger partial charge is 0.243 e. The molecule has 0 saturated heterocycles. The number of hydrogen-bond acceptors (Lipinski definition) is 4. The van der Waals surface area contributed by atoms with Gasteiger partial charge in [-0.2, -0.15) is 0 Å². The lowest BCUT2D eigenvalue weighted by molar-refractivity contribution is -0.141. The summed E-state index contributed by atoms with van der Waals surface area (Å²) in [6.45, 7) is 0.564. The predicted octanol–water partition coefficient (Wildman–Crippen LogP) is 5.18. The summed E-state index contributed by atoms with van der Waals surface area (Å²) in [5, 5.41) is 2.97. The van der Waals surface area contributed by atoms with Gasteiger partial charge in [-0.25, -0.2) is 0 Å². The maximum absolute atomic E-state index is 13.7. The number of carbonyl (C=O) groups excluding carboxylic acids is 2. The Morgan fingerprint density at radius 2 is 1.51 bits per heavy atom. The van der Waals surface area contributed by atoms with E-state index in [0.717, 1.165) is 22.4 Å². The summed E-state index contributed by atoms with van der Waals surface area (Å²) < 4.78 is 10.7. The van der Waals surface area contributed by atoms with Gasteiger partial charge in [0.2, 0.25) is 11.8 Å². The molecule has 37 heavy (non-hydrogen) atoms. The van der Waals surface area contributed by atoms with Crippen LogP contribution in [-0.4, -0.2) is 29.9 Å². The van der Waals surface area contributed by atoms with E-state index < -0.39 is 6.04 Å². The SMILES string of the molecule is COc1ccc(CN(C(=O)CCc2ccccc2)[C@@H](Cc2ccccc2)C(=O)NCc2ccco2)cc1. The van der Waals surface area contributed by atoms with Crippen LogP contribution in [0.2, 0.25) is 0 Å². The lowest BCUT2D eigenvalue weighted by atomic mass is 10.0. The minimum atomic E-state index is -0.692. The van der Waals surface area contributed by atoms with E-state index in [-0.39, 0.29) is 18.4 Å². The van der Waals surface area contributed by atoms with Gasteiger partial charge in [0.1, 0.15) is 17.6 Å². The summed E-state index contributed by atoms with van der Waals surface area (Å²) in [5.41, 5.74) is 2.99. The second kappa shape index (κ2) is 13.1. The van der Waals surface area contributed by atoms with Crippen LogP contribution in [0.25, 0.3) is 0 Å². The molecule has 190 valence electrons. The van der Waals surface area contributed by atoms with Crippen LogP contribution >= 0.6 is 0 Å². The second-order valence-corrected chi connectivity index (χ2v) is 8.86. The molecule has 1 atom stereocenters. The van der Waals surface area contributed by atoms with Gasteiger partial charge in [-0.05, 0) is 47.4 Å². The molecule has 2 amide bonds. The molecular formula is C31H32N2O4. The number of carbonyl (C=O) groups is 2. The van der Waals surface area contributed by atoms with E-state index in [1.165, 1.54) is 0 Å². The van der Waals surface area contributed by atoms with Crippen molar-refractivity contribution < 1.29 is 18.7 Å². The maximum atomic E-state index is 13.7. The zero-order valence-corrected chi connectivity index (χ0v) is 21.0. The molecule has 1 heterocycles. The Balaban J connectivity index is 1.60. The molecule has 1 aromatic heterocycles. The molecule has 0 unspecified atom stereocenters. The van der Waals surface area contributed by atoms with Crippen molar-refractivity contribution in [1.82, 2.24) is 10.2 Å². The van der Waals surface area contributed by atoms with Crippen molar-refractivity contribution in [2.45, 2.75) is 38.4 Å². The number of nitrogens with zero attached hydrogens (tertiary/aromatic N) is 1. The van der Waals surface area contributed by atoms with Gasteiger partial charge < -0.3 is 19.4 Å².